The van der Waals surface area contributed by atoms with Crippen molar-refractivity contribution in [1.29, 1.82) is 0 Å². The van der Waals surface area contributed by atoms with E-state index in [4.69, 9.17) is 4.74 Å². The van der Waals surface area contributed by atoms with Gasteiger partial charge in [-0.1, -0.05) is 13.8 Å². The Kier molecular flexibility index (Phi) is 4.50. The second-order valence-corrected chi connectivity index (χ2v) is 4.82. The lowest BCUT2D eigenvalue weighted by Gasteiger charge is -2.16. The Bertz CT molecular complexity index is 584. The molecule has 0 saturated heterocycles. The first-order valence-electron chi connectivity index (χ1n) is 6.81. The molecule has 0 atom stereocenters. The Morgan fingerprint density at radius 3 is 2.70 bits per heavy atom. The van der Waals surface area contributed by atoms with E-state index in [9.17, 15) is 0 Å². The van der Waals surface area contributed by atoms with E-state index in [1.165, 1.54) is 6.33 Å². The van der Waals surface area contributed by atoms with Crippen molar-refractivity contribution in [2.45, 2.75) is 33.6 Å². The lowest BCUT2D eigenvalue weighted by molar-refractivity contribution is 0.446. The molecule has 0 saturated carbocycles. The van der Waals surface area contributed by atoms with Crippen LogP contribution in [-0.4, -0.2) is 21.5 Å². The lowest BCUT2D eigenvalue weighted by atomic mass is 10.1. The predicted octanol–water partition coefficient (Wildman–Crippen LogP) is 3.53. The topological polar surface area (TPSA) is 59.9 Å². The van der Waals surface area contributed by atoms with Crippen LogP contribution >= 0.6 is 0 Å². The van der Waals surface area contributed by atoms with Gasteiger partial charge in [-0.2, -0.15) is 0 Å². The maximum atomic E-state index is 5.93. The van der Waals surface area contributed by atoms with Crippen molar-refractivity contribution in [3.05, 3.63) is 35.9 Å². The monoisotopic (exact) mass is 272 g/mol. The van der Waals surface area contributed by atoms with E-state index in [0.29, 0.717) is 5.88 Å². The molecule has 0 fully saturated rings. The number of nitrogens with zero attached hydrogens (tertiary/aromatic N) is 3. The standard InChI is InChI=1S/C15H20N4O/c1-5-16-14-13(10(2)3)15(19-9-18-14)20-12-7-6-8-17-11(12)4/h6-10H,5H2,1-4H3,(H,16,18,19). The van der Waals surface area contributed by atoms with Crippen LogP contribution in [-0.2, 0) is 0 Å². The van der Waals surface area contributed by atoms with Gasteiger partial charge in [0.15, 0.2) is 5.75 Å². The van der Waals surface area contributed by atoms with Crippen LogP contribution in [0.5, 0.6) is 11.6 Å². The summed E-state index contributed by atoms with van der Waals surface area (Å²) in [6.45, 7) is 8.96. The van der Waals surface area contributed by atoms with Crippen molar-refractivity contribution in [3.8, 4) is 11.6 Å². The van der Waals surface area contributed by atoms with Crippen molar-refractivity contribution >= 4 is 5.82 Å². The first-order valence-corrected chi connectivity index (χ1v) is 6.81. The quantitative estimate of drug-likeness (QED) is 0.902. The minimum Gasteiger partial charge on any atom is -0.437 e. The van der Waals surface area contributed by atoms with Crippen LogP contribution in [0.1, 0.15) is 37.9 Å². The number of aryl methyl sites for hydroxylation is 1. The summed E-state index contributed by atoms with van der Waals surface area (Å²) in [6, 6.07) is 3.74. The van der Waals surface area contributed by atoms with E-state index < -0.39 is 0 Å². The zero-order valence-corrected chi connectivity index (χ0v) is 12.3. The first-order chi connectivity index (χ1) is 9.63. The van der Waals surface area contributed by atoms with E-state index >= 15 is 0 Å². The van der Waals surface area contributed by atoms with Gasteiger partial charge in [0.05, 0.1) is 11.3 Å². The Balaban J connectivity index is 2.41. The van der Waals surface area contributed by atoms with Gasteiger partial charge in [-0.05, 0) is 31.9 Å². The average molecular weight is 272 g/mol. The maximum Gasteiger partial charge on any atom is 0.227 e. The van der Waals surface area contributed by atoms with Gasteiger partial charge in [-0.25, -0.2) is 9.97 Å². The summed E-state index contributed by atoms with van der Waals surface area (Å²) in [5, 5.41) is 3.25. The summed E-state index contributed by atoms with van der Waals surface area (Å²) in [4.78, 5) is 12.8. The number of hydrogen-bond acceptors (Lipinski definition) is 5. The van der Waals surface area contributed by atoms with Gasteiger partial charge in [0.25, 0.3) is 0 Å². The second kappa shape index (κ2) is 6.32. The third kappa shape index (κ3) is 3.04. The van der Waals surface area contributed by atoms with Crippen molar-refractivity contribution in [2.75, 3.05) is 11.9 Å². The normalized spacial score (nSPS) is 10.7. The van der Waals surface area contributed by atoms with Crippen LogP contribution in [0.2, 0.25) is 0 Å². The number of aromatic nitrogens is 3. The van der Waals surface area contributed by atoms with Crippen molar-refractivity contribution < 1.29 is 4.74 Å². The molecule has 0 unspecified atom stereocenters. The third-order valence-corrected chi connectivity index (χ3v) is 2.93. The molecule has 1 N–H and O–H groups in total. The molecule has 2 aromatic heterocycles. The highest BCUT2D eigenvalue weighted by Crippen LogP contribution is 2.33. The molecule has 5 nitrogen and oxygen atoms in total. The number of hydrogen-bond donors (Lipinski definition) is 1. The van der Waals surface area contributed by atoms with E-state index in [0.717, 1.165) is 29.4 Å². The molecule has 0 spiro atoms. The zero-order chi connectivity index (χ0) is 14.5. The summed E-state index contributed by atoms with van der Waals surface area (Å²) in [7, 11) is 0. The molecular weight excluding hydrogens is 252 g/mol. The van der Waals surface area contributed by atoms with Crippen LogP contribution in [0.25, 0.3) is 0 Å². The second-order valence-electron chi connectivity index (χ2n) is 4.82. The van der Waals surface area contributed by atoms with Gasteiger partial charge in [-0.3, -0.25) is 4.98 Å². The fourth-order valence-electron chi connectivity index (χ4n) is 1.97. The molecule has 0 radical (unpaired) electrons. The van der Waals surface area contributed by atoms with Crippen LogP contribution in [0.15, 0.2) is 24.7 Å². The Hall–Kier alpha value is -2.17. The van der Waals surface area contributed by atoms with Gasteiger partial charge in [0.1, 0.15) is 12.1 Å². The molecule has 5 heteroatoms. The van der Waals surface area contributed by atoms with E-state index in [-0.39, 0.29) is 5.92 Å². The predicted molar refractivity (Wildman–Crippen MR) is 79.3 cm³/mol. The molecule has 2 rings (SSSR count). The zero-order valence-electron chi connectivity index (χ0n) is 12.3. The number of pyridine rings is 1. The fraction of sp³-hybridized carbons (Fsp3) is 0.400. The summed E-state index contributed by atoms with van der Waals surface area (Å²) >= 11 is 0. The molecule has 20 heavy (non-hydrogen) atoms. The van der Waals surface area contributed by atoms with Gasteiger partial charge < -0.3 is 10.1 Å². The average Bonchev–Trinajstić information content (AvgIpc) is 2.41. The molecule has 0 aliphatic carbocycles. The largest absolute Gasteiger partial charge is 0.437 e. The maximum absolute atomic E-state index is 5.93. The van der Waals surface area contributed by atoms with Gasteiger partial charge in [0, 0.05) is 12.7 Å². The molecule has 0 aliphatic heterocycles. The van der Waals surface area contributed by atoms with E-state index in [1.807, 2.05) is 26.0 Å². The number of nitrogens with one attached hydrogen (secondary N) is 1. The molecule has 0 aromatic carbocycles. The van der Waals surface area contributed by atoms with Crippen molar-refractivity contribution in [2.24, 2.45) is 0 Å². The first kappa shape index (κ1) is 14.2. The Morgan fingerprint density at radius 1 is 1.25 bits per heavy atom. The summed E-state index contributed by atoms with van der Waals surface area (Å²) in [5.74, 6) is 2.39. The molecule has 2 heterocycles. The smallest absolute Gasteiger partial charge is 0.227 e. The fourth-order valence-corrected chi connectivity index (χ4v) is 1.97. The van der Waals surface area contributed by atoms with Crippen LogP contribution in [0.3, 0.4) is 0 Å². The number of ether oxygens (including phenoxy) is 1. The SMILES string of the molecule is CCNc1ncnc(Oc2cccnc2C)c1C(C)C. The molecule has 0 amide bonds. The van der Waals surface area contributed by atoms with Crippen LogP contribution in [0.4, 0.5) is 5.82 Å². The summed E-state index contributed by atoms with van der Waals surface area (Å²) in [6.07, 6.45) is 3.26. The van der Waals surface area contributed by atoms with Crippen LogP contribution in [0, 0.1) is 6.92 Å². The minimum absolute atomic E-state index is 0.261. The highest BCUT2D eigenvalue weighted by Gasteiger charge is 2.17. The highest BCUT2D eigenvalue weighted by atomic mass is 16.5. The Morgan fingerprint density at radius 2 is 2.05 bits per heavy atom. The molecule has 106 valence electrons. The summed E-state index contributed by atoms with van der Waals surface area (Å²) in [5.41, 5.74) is 1.82. The third-order valence-electron chi connectivity index (χ3n) is 2.93. The van der Waals surface area contributed by atoms with Gasteiger partial charge in [0.2, 0.25) is 5.88 Å². The van der Waals surface area contributed by atoms with Gasteiger partial charge >= 0.3 is 0 Å². The molecule has 2 aromatic rings. The highest BCUT2D eigenvalue weighted by molar-refractivity contribution is 5.51. The van der Waals surface area contributed by atoms with Gasteiger partial charge in [-0.15, -0.1) is 0 Å². The van der Waals surface area contributed by atoms with E-state index in [2.05, 4.69) is 34.1 Å². The number of rotatable bonds is 5. The molecule has 0 bridgehead atoms. The van der Waals surface area contributed by atoms with Crippen LogP contribution < -0.4 is 10.1 Å². The molecular formula is C15H20N4O. The van der Waals surface area contributed by atoms with E-state index in [1.54, 1.807) is 6.20 Å². The van der Waals surface area contributed by atoms with Crippen molar-refractivity contribution in [1.82, 2.24) is 15.0 Å². The molecule has 0 aliphatic rings. The summed E-state index contributed by atoms with van der Waals surface area (Å²) < 4.78 is 5.93. The lowest BCUT2D eigenvalue weighted by Crippen LogP contribution is -2.07. The Labute approximate surface area is 119 Å². The van der Waals surface area contributed by atoms with Crippen molar-refractivity contribution in [3.63, 3.8) is 0 Å². The minimum atomic E-state index is 0.261. The number of anilines is 1.